The molecule has 0 spiro atoms. The van der Waals surface area contributed by atoms with E-state index in [4.69, 9.17) is 16.3 Å². The molecule has 0 saturated carbocycles. The molecule has 1 aromatic rings. The van der Waals surface area contributed by atoms with E-state index in [1.165, 1.54) is 0 Å². The van der Waals surface area contributed by atoms with Crippen LogP contribution in [0.3, 0.4) is 0 Å². The molecule has 3 nitrogen and oxygen atoms in total. The van der Waals surface area contributed by atoms with Crippen LogP contribution in [-0.4, -0.2) is 32.0 Å². The number of alkyl halides is 3. The Hall–Kier alpha value is -0.980. The van der Waals surface area contributed by atoms with Crippen LogP contribution >= 0.6 is 11.6 Å². The van der Waals surface area contributed by atoms with E-state index in [-0.39, 0.29) is 19.3 Å². The molecular formula is C14H19ClF3NO2. The summed E-state index contributed by atoms with van der Waals surface area (Å²) in [6.07, 6.45) is -4.32. The third-order valence-electron chi connectivity index (χ3n) is 2.51. The predicted octanol–water partition coefficient (Wildman–Crippen LogP) is 3.80. The Kier molecular flexibility index (Phi) is 7.28. The lowest BCUT2D eigenvalue weighted by Gasteiger charge is -2.15. The Morgan fingerprint density at radius 2 is 1.95 bits per heavy atom. The molecule has 0 radical (unpaired) electrons. The minimum Gasteiger partial charge on any atom is -0.491 e. The normalized spacial score (nSPS) is 12.0. The third-order valence-corrected chi connectivity index (χ3v) is 2.87. The van der Waals surface area contributed by atoms with E-state index >= 15 is 0 Å². The smallest absolute Gasteiger partial charge is 0.411 e. The fraction of sp³-hybridized carbons (Fsp3) is 0.571. The first kappa shape index (κ1) is 18.1. The van der Waals surface area contributed by atoms with Crippen LogP contribution in [0.5, 0.6) is 5.75 Å². The summed E-state index contributed by atoms with van der Waals surface area (Å²) in [5.41, 5.74) is 0.781. The zero-order valence-corrected chi connectivity index (χ0v) is 12.7. The molecule has 0 amide bonds. The first-order valence-corrected chi connectivity index (χ1v) is 6.95. The van der Waals surface area contributed by atoms with Crippen LogP contribution in [0.4, 0.5) is 13.2 Å². The highest BCUT2D eigenvalue weighted by Gasteiger charge is 2.27. The largest absolute Gasteiger partial charge is 0.491 e. The molecule has 21 heavy (non-hydrogen) atoms. The average molecular weight is 326 g/mol. The fourth-order valence-electron chi connectivity index (χ4n) is 1.55. The van der Waals surface area contributed by atoms with Gasteiger partial charge in [-0.2, -0.15) is 13.2 Å². The summed E-state index contributed by atoms with van der Waals surface area (Å²) in [6, 6.07) is 5.48. The van der Waals surface area contributed by atoms with Crippen molar-refractivity contribution in [3.8, 4) is 5.75 Å². The molecule has 0 fully saturated rings. The predicted molar refractivity (Wildman–Crippen MR) is 75.8 cm³/mol. The zero-order chi connectivity index (χ0) is 15.9. The molecule has 0 aliphatic heterocycles. The summed E-state index contributed by atoms with van der Waals surface area (Å²) in [5, 5.41) is 3.77. The number of nitrogens with one attached hydrogen (secondary N) is 1. The van der Waals surface area contributed by atoms with Gasteiger partial charge in [0.25, 0.3) is 0 Å². The second-order valence-corrected chi connectivity index (χ2v) is 5.18. The maximum absolute atomic E-state index is 11.9. The van der Waals surface area contributed by atoms with Crippen LogP contribution in [0.15, 0.2) is 18.2 Å². The van der Waals surface area contributed by atoms with Gasteiger partial charge in [0, 0.05) is 23.2 Å². The molecule has 0 aromatic heterocycles. The maximum Gasteiger partial charge on any atom is 0.411 e. The lowest BCUT2D eigenvalue weighted by Crippen LogP contribution is -2.23. The van der Waals surface area contributed by atoms with E-state index in [1.807, 2.05) is 13.8 Å². The number of ether oxygens (including phenoxy) is 2. The van der Waals surface area contributed by atoms with Crippen molar-refractivity contribution in [1.29, 1.82) is 0 Å². The highest BCUT2D eigenvalue weighted by atomic mass is 35.5. The molecule has 0 aliphatic carbocycles. The van der Waals surface area contributed by atoms with Gasteiger partial charge in [0.05, 0.1) is 6.61 Å². The van der Waals surface area contributed by atoms with Gasteiger partial charge in [-0.05, 0) is 12.1 Å². The number of rotatable bonds is 8. The second kappa shape index (κ2) is 8.46. The molecule has 0 unspecified atom stereocenters. The van der Waals surface area contributed by atoms with Crippen molar-refractivity contribution in [2.24, 2.45) is 0 Å². The van der Waals surface area contributed by atoms with Crippen LogP contribution in [0.1, 0.15) is 19.4 Å². The second-order valence-electron chi connectivity index (χ2n) is 4.77. The lowest BCUT2D eigenvalue weighted by molar-refractivity contribution is -0.175. The molecule has 0 aliphatic rings. The number of benzene rings is 1. The van der Waals surface area contributed by atoms with Gasteiger partial charge in [0.1, 0.15) is 19.0 Å². The first-order valence-electron chi connectivity index (χ1n) is 6.57. The molecule has 1 rings (SSSR count). The summed E-state index contributed by atoms with van der Waals surface area (Å²) in [6.45, 7) is 3.16. The summed E-state index contributed by atoms with van der Waals surface area (Å²) < 4.78 is 45.7. The van der Waals surface area contributed by atoms with Gasteiger partial charge < -0.3 is 14.8 Å². The Bertz CT molecular complexity index is 439. The standard InChI is InChI=1S/C14H19ClF3NO2/c1-10(2)19-8-11-12(15)4-3-5-13(11)21-7-6-20-9-14(16,17)18/h3-5,10,19H,6-9H2,1-2H3. The van der Waals surface area contributed by atoms with Gasteiger partial charge in [-0.1, -0.05) is 31.5 Å². The minimum absolute atomic E-state index is 0.0328. The zero-order valence-electron chi connectivity index (χ0n) is 12.0. The molecule has 120 valence electrons. The van der Waals surface area contributed by atoms with E-state index in [2.05, 4.69) is 10.1 Å². The SMILES string of the molecule is CC(C)NCc1c(Cl)cccc1OCCOCC(F)(F)F. The van der Waals surface area contributed by atoms with Crippen LogP contribution in [0.2, 0.25) is 5.02 Å². The Balaban J connectivity index is 2.48. The minimum atomic E-state index is -4.32. The molecular weight excluding hydrogens is 307 g/mol. The van der Waals surface area contributed by atoms with Gasteiger partial charge in [0.2, 0.25) is 0 Å². The highest BCUT2D eigenvalue weighted by molar-refractivity contribution is 6.31. The molecule has 0 bridgehead atoms. The fourth-order valence-corrected chi connectivity index (χ4v) is 1.78. The summed E-state index contributed by atoms with van der Waals surface area (Å²) in [4.78, 5) is 0. The van der Waals surface area contributed by atoms with Crippen molar-refractivity contribution in [1.82, 2.24) is 5.32 Å². The van der Waals surface area contributed by atoms with Crippen LogP contribution < -0.4 is 10.1 Å². The van der Waals surface area contributed by atoms with E-state index in [1.54, 1.807) is 18.2 Å². The van der Waals surface area contributed by atoms with E-state index in [0.29, 0.717) is 17.3 Å². The Morgan fingerprint density at radius 3 is 2.57 bits per heavy atom. The van der Waals surface area contributed by atoms with E-state index < -0.39 is 12.8 Å². The topological polar surface area (TPSA) is 30.5 Å². The summed E-state index contributed by atoms with van der Waals surface area (Å²) >= 11 is 6.11. The van der Waals surface area contributed by atoms with Gasteiger partial charge in [0.15, 0.2) is 0 Å². The number of hydrogen-bond acceptors (Lipinski definition) is 3. The van der Waals surface area contributed by atoms with E-state index in [0.717, 1.165) is 5.56 Å². The van der Waals surface area contributed by atoms with E-state index in [9.17, 15) is 13.2 Å². The first-order chi connectivity index (χ1) is 9.79. The van der Waals surface area contributed by atoms with Crippen molar-refractivity contribution in [3.63, 3.8) is 0 Å². The number of hydrogen-bond donors (Lipinski definition) is 1. The van der Waals surface area contributed by atoms with Crippen molar-refractivity contribution in [2.45, 2.75) is 32.6 Å². The average Bonchev–Trinajstić information content (AvgIpc) is 2.35. The van der Waals surface area contributed by atoms with Gasteiger partial charge in [-0.3, -0.25) is 0 Å². The van der Waals surface area contributed by atoms with Crippen molar-refractivity contribution in [2.75, 3.05) is 19.8 Å². The summed E-state index contributed by atoms with van der Waals surface area (Å²) in [7, 11) is 0. The molecule has 7 heteroatoms. The van der Waals surface area contributed by atoms with Gasteiger partial charge in [-0.15, -0.1) is 0 Å². The van der Waals surface area contributed by atoms with Crippen LogP contribution in [0, 0.1) is 0 Å². The Morgan fingerprint density at radius 1 is 1.24 bits per heavy atom. The van der Waals surface area contributed by atoms with Gasteiger partial charge in [-0.25, -0.2) is 0 Å². The molecule has 0 atom stereocenters. The maximum atomic E-state index is 11.9. The highest BCUT2D eigenvalue weighted by Crippen LogP contribution is 2.26. The number of halogens is 4. The van der Waals surface area contributed by atoms with Crippen LogP contribution in [0.25, 0.3) is 0 Å². The summed E-state index contributed by atoms with van der Waals surface area (Å²) in [5.74, 6) is 0.547. The van der Waals surface area contributed by atoms with Crippen molar-refractivity contribution >= 4 is 11.6 Å². The molecule has 1 aromatic carbocycles. The third kappa shape index (κ3) is 7.55. The monoisotopic (exact) mass is 325 g/mol. The van der Waals surface area contributed by atoms with Crippen LogP contribution in [-0.2, 0) is 11.3 Å². The molecule has 0 saturated heterocycles. The molecule has 1 N–H and O–H groups in total. The Labute approximate surface area is 127 Å². The van der Waals surface area contributed by atoms with Crippen molar-refractivity contribution < 1.29 is 22.6 Å². The lowest BCUT2D eigenvalue weighted by atomic mass is 10.2. The van der Waals surface area contributed by atoms with Crippen molar-refractivity contribution in [3.05, 3.63) is 28.8 Å². The molecule has 0 heterocycles. The quantitative estimate of drug-likeness (QED) is 0.738. The van der Waals surface area contributed by atoms with Gasteiger partial charge >= 0.3 is 6.18 Å².